The highest BCUT2D eigenvalue weighted by Gasteiger charge is 2.20. The molecule has 0 aromatic heterocycles. The van der Waals surface area contributed by atoms with Crippen LogP contribution in [-0.2, 0) is 0 Å². The van der Waals surface area contributed by atoms with E-state index in [0.29, 0.717) is 0 Å². The van der Waals surface area contributed by atoms with Gasteiger partial charge in [-0.2, -0.15) is 0 Å². The van der Waals surface area contributed by atoms with Gasteiger partial charge >= 0.3 is 0 Å². The van der Waals surface area contributed by atoms with Gasteiger partial charge in [-0.25, -0.2) is 0 Å². The molecule has 1 heterocycles. The van der Waals surface area contributed by atoms with Gasteiger partial charge in [0.05, 0.1) is 0 Å². The molecule has 1 aromatic carbocycles. The first-order chi connectivity index (χ1) is 8.24. The van der Waals surface area contributed by atoms with Gasteiger partial charge in [-0.3, -0.25) is 0 Å². The molecule has 1 aliphatic rings. The third-order valence-electron chi connectivity index (χ3n) is 3.99. The largest absolute Gasteiger partial charge is 0.371 e. The zero-order valence-corrected chi connectivity index (χ0v) is 11.0. The van der Waals surface area contributed by atoms with Crippen LogP contribution in [-0.4, -0.2) is 13.1 Å². The van der Waals surface area contributed by atoms with Crippen LogP contribution in [0.15, 0.2) is 24.3 Å². The third kappa shape index (κ3) is 2.81. The lowest BCUT2D eigenvalue weighted by molar-refractivity contribution is 0.569. The van der Waals surface area contributed by atoms with Gasteiger partial charge < -0.3 is 10.6 Å². The van der Waals surface area contributed by atoms with E-state index in [0.717, 1.165) is 12.3 Å². The third-order valence-corrected chi connectivity index (χ3v) is 3.99. The molecule has 0 radical (unpaired) electrons. The molecule has 0 saturated carbocycles. The summed E-state index contributed by atoms with van der Waals surface area (Å²) in [5, 5.41) is 0. The Morgan fingerprint density at radius 3 is 2.53 bits per heavy atom. The highest BCUT2D eigenvalue weighted by atomic mass is 15.1. The molecule has 0 aliphatic carbocycles. The average molecular weight is 232 g/mol. The highest BCUT2D eigenvalue weighted by molar-refractivity contribution is 5.48. The van der Waals surface area contributed by atoms with Crippen molar-refractivity contribution in [2.24, 2.45) is 11.7 Å². The van der Waals surface area contributed by atoms with Crippen LogP contribution in [0.5, 0.6) is 0 Å². The van der Waals surface area contributed by atoms with Crippen LogP contribution in [0.1, 0.15) is 44.7 Å². The SMILES string of the molecule is CCC1CCN(c2ccc([C@H](N)CC)cc2)C1. The van der Waals surface area contributed by atoms with Crippen molar-refractivity contribution >= 4 is 5.69 Å². The summed E-state index contributed by atoms with van der Waals surface area (Å²) < 4.78 is 0. The fourth-order valence-electron chi connectivity index (χ4n) is 2.57. The first kappa shape index (κ1) is 12.4. The zero-order valence-electron chi connectivity index (χ0n) is 11.0. The summed E-state index contributed by atoms with van der Waals surface area (Å²) in [5.41, 5.74) is 8.63. The van der Waals surface area contributed by atoms with Crippen LogP contribution >= 0.6 is 0 Å². The van der Waals surface area contributed by atoms with Crippen molar-refractivity contribution in [3.05, 3.63) is 29.8 Å². The standard InChI is InChI=1S/C15H24N2/c1-3-12-9-10-17(11-12)14-7-5-13(6-8-14)15(16)4-2/h5-8,12,15H,3-4,9-11,16H2,1-2H3/t12?,15-/m1/s1. The molecule has 1 saturated heterocycles. The normalized spacial score (nSPS) is 21.8. The molecular weight excluding hydrogens is 208 g/mol. The van der Waals surface area contributed by atoms with Gasteiger partial charge in [0.15, 0.2) is 0 Å². The topological polar surface area (TPSA) is 29.3 Å². The number of hydrogen-bond donors (Lipinski definition) is 1. The van der Waals surface area contributed by atoms with Crippen LogP contribution in [0.3, 0.4) is 0 Å². The molecule has 2 nitrogen and oxygen atoms in total. The highest BCUT2D eigenvalue weighted by Crippen LogP contribution is 2.26. The molecule has 0 amide bonds. The Kier molecular flexibility index (Phi) is 4.06. The lowest BCUT2D eigenvalue weighted by Crippen LogP contribution is -2.19. The van der Waals surface area contributed by atoms with Crippen molar-refractivity contribution in [1.29, 1.82) is 0 Å². The number of hydrogen-bond acceptors (Lipinski definition) is 2. The van der Waals surface area contributed by atoms with Crippen molar-refractivity contribution in [1.82, 2.24) is 0 Å². The van der Waals surface area contributed by atoms with Gasteiger partial charge in [-0.15, -0.1) is 0 Å². The molecule has 2 N–H and O–H groups in total. The van der Waals surface area contributed by atoms with E-state index in [9.17, 15) is 0 Å². The maximum Gasteiger partial charge on any atom is 0.0366 e. The molecule has 2 rings (SSSR count). The van der Waals surface area contributed by atoms with Gasteiger partial charge in [0.1, 0.15) is 0 Å². The second-order valence-electron chi connectivity index (χ2n) is 5.12. The molecule has 0 spiro atoms. The first-order valence-corrected chi connectivity index (χ1v) is 6.85. The van der Waals surface area contributed by atoms with Gasteiger partial charge in [-0.1, -0.05) is 32.4 Å². The Bertz CT molecular complexity index is 344. The minimum Gasteiger partial charge on any atom is -0.371 e. The predicted octanol–water partition coefficient (Wildman–Crippen LogP) is 3.33. The van der Waals surface area contributed by atoms with Crippen molar-refractivity contribution in [2.45, 2.75) is 39.2 Å². The van der Waals surface area contributed by atoms with Gasteiger partial charge in [-0.05, 0) is 36.5 Å². The van der Waals surface area contributed by atoms with Crippen LogP contribution in [0, 0.1) is 5.92 Å². The Balaban J connectivity index is 2.03. The summed E-state index contributed by atoms with van der Waals surface area (Å²) in [5.74, 6) is 0.882. The number of nitrogens with two attached hydrogens (primary N) is 1. The van der Waals surface area contributed by atoms with E-state index in [4.69, 9.17) is 5.73 Å². The Morgan fingerprint density at radius 1 is 1.29 bits per heavy atom. The molecule has 0 bridgehead atoms. The van der Waals surface area contributed by atoms with Crippen LogP contribution in [0.4, 0.5) is 5.69 Å². The lowest BCUT2D eigenvalue weighted by atomic mass is 10.1. The molecule has 94 valence electrons. The maximum atomic E-state index is 6.03. The molecule has 17 heavy (non-hydrogen) atoms. The van der Waals surface area contributed by atoms with Crippen molar-refractivity contribution in [3.63, 3.8) is 0 Å². The Hall–Kier alpha value is -1.02. The van der Waals surface area contributed by atoms with E-state index in [-0.39, 0.29) is 6.04 Å². The van der Waals surface area contributed by atoms with Crippen LogP contribution < -0.4 is 10.6 Å². The molecule has 2 atom stereocenters. The lowest BCUT2D eigenvalue weighted by Gasteiger charge is -2.19. The summed E-state index contributed by atoms with van der Waals surface area (Å²) in [4.78, 5) is 2.50. The zero-order chi connectivity index (χ0) is 12.3. The average Bonchev–Trinajstić information content (AvgIpc) is 2.87. The number of nitrogens with zero attached hydrogens (tertiary/aromatic N) is 1. The van der Waals surface area contributed by atoms with E-state index in [1.807, 2.05) is 0 Å². The summed E-state index contributed by atoms with van der Waals surface area (Å²) in [7, 11) is 0. The van der Waals surface area contributed by atoms with Crippen molar-refractivity contribution in [3.8, 4) is 0 Å². The number of anilines is 1. The molecule has 1 aliphatic heterocycles. The maximum absolute atomic E-state index is 6.03. The van der Waals surface area contributed by atoms with E-state index >= 15 is 0 Å². The van der Waals surface area contributed by atoms with E-state index in [1.54, 1.807) is 0 Å². The van der Waals surface area contributed by atoms with Crippen LogP contribution in [0.2, 0.25) is 0 Å². The second kappa shape index (κ2) is 5.54. The number of rotatable bonds is 4. The predicted molar refractivity (Wildman–Crippen MR) is 74.3 cm³/mol. The summed E-state index contributed by atoms with van der Waals surface area (Å²) in [6.07, 6.45) is 3.64. The van der Waals surface area contributed by atoms with E-state index < -0.39 is 0 Å². The number of benzene rings is 1. The molecule has 2 heteroatoms. The van der Waals surface area contributed by atoms with Crippen molar-refractivity contribution in [2.75, 3.05) is 18.0 Å². The fourth-order valence-corrected chi connectivity index (χ4v) is 2.57. The summed E-state index contributed by atoms with van der Waals surface area (Å²) >= 11 is 0. The smallest absolute Gasteiger partial charge is 0.0366 e. The van der Waals surface area contributed by atoms with Crippen LogP contribution in [0.25, 0.3) is 0 Å². The van der Waals surface area contributed by atoms with Gasteiger partial charge in [0.2, 0.25) is 0 Å². The Morgan fingerprint density at radius 2 is 2.00 bits per heavy atom. The monoisotopic (exact) mass is 232 g/mol. The Labute approximate surface area is 105 Å². The molecule has 1 unspecified atom stereocenters. The van der Waals surface area contributed by atoms with Crippen molar-refractivity contribution < 1.29 is 0 Å². The second-order valence-corrected chi connectivity index (χ2v) is 5.12. The fraction of sp³-hybridized carbons (Fsp3) is 0.600. The minimum absolute atomic E-state index is 0.186. The molecular formula is C15H24N2. The van der Waals surface area contributed by atoms with E-state index in [1.165, 1.54) is 37.2 Å². The molecule has 1 aromatic rings. The molecule has 1 fully saturated rings. The van der Waals surface area contributed by atoms with E-state index in [2.05, 4.69) is 43.0 Å². The quantitative estimate of drug-likeness (QED) is 0.862. The summed E-state index contributed by atoms with van der Waals surface area (Å²) in [6.45, 7) is 6.84. The van der Waals surface area contributed by atoms with Gasteiger partial charge in [0.25, 0.3) is 0 Å². The summed E-state index contributed by atoms with van der Waals surface area (Å²) in [6, 6.07) is 9.00. The van der Waals surface area contributed by atoms with Gasteiger partial charge in [0, 0.05) is 24.8 Å². The first-order valence-electron chi connectivity index (χ1n) is 6.85. The minimum atomic E-state index is 0.186.